The van der Waals surface area contributed by atoms with Crippen LogP contribution in [0.1, 0.15) is 11.3 Å². The van der Waals surface area contributed by atoms with Gasteiger partial charge in [-0.3, -0.25) is 9.48 Å². The summed E-state index contributed by atoms with van der Waals surface area (Å²) in [6.07, 6.45) is 4.02. The van der Waals surface area contributed by atoms with E-state index in [2.05, 4.69) is 5.10 Å². The normalized spacial score (nSPS) is 12.2. The molecular weight excluding hydrogens is 318 g/mol. The molecule has 0 radical (unpaired) electrons. The predicted molar refractivity (Wildman–Crippen MR) is 94.2 cm³/mol. The van der Waals surface area contributed by atoms with Crippen LogP contribution in [-0.2, 0) is 23.0 Å². The number of benzene rings is 1. The van der Waals surface area contributed by atoms with Crippen LogP contribution in [0, 0.1) is 6.92 Å². The van der Waals surface area contributed by atoms with Gasteiger partial charge in [0.15, 0.2) is 0 Å². The van der Waals surface area contributed by atoms with Crippen LogP contribution in [0.4, 0.5) is 0 Å². The van der Waals surface area contributed by atoms with Gasteiger partial charge in [0, 0.05) is 36.5 Å². The fraction of sp³-hybridized carbons (Fsp3) is 0.278. The number of rotatable bonds is 5. The van der Waals surface area contributed by atoms with Crippen molar-refractivity contribution in [3.63, 3.8) is 0 Å². The zero-order valence-electron chi connectivity index (χ0n) is 14.5. The smallest absolute Gasteiger partial charge is 0.322 e. The van der Waals surface area contributed by atoms with E-state index in [1.54, 1.807) is 15.6 Å². The minimum atomic E-state index is -0.742. The number of para-hydroxylation sites is 1. The van der Waals surface area contributed by atoms with E-state index in [1.807, 2.05) is 50.5 Å². The number of esters is 1. The summed E-state index contributed by atoms with van der Waals surface area (Å²) in [6, 6.07) is 9.05. The lowest BCUT2D eigenvalue weighted by Crippen LogP contribution is -2.33. The van der Waals surface area contributed by atoms with Gasteiger partial charge in [-0.05, 0) is 19.1 Å². The first-order valence-corrected chi connectivity index (χ1v) is 7.97. The Hall–Kier alpha value is -2.93. The van der Waals surface area contributed by atoms with Crippen molar-refractivity contribution in [2.45, 2.75) is 19.4 Å². The molecule has 0 fully saturated rings. The Morgan fingerprint density at radius 1 is 1.32 bits per heavy atom. The lowest BCUT2D eigenvalue weighted by molar-refractivity contribution is -0.142. The first-order chi connectivity index (χ1) is 12.0. The molecule has 130 valence electrons. The summed E-state index contributed by atoms with van der Waals surface area (Å²) in [6.45, 7) is 1.98. The number of hydrogen-bond donors (Lipinski definition) is 1. The number of hydrogen-bond acceptors (Lipinski definition) is 5. The quantitative estimate of drug-likeness (QED) is 0.714. The second-order valence-corrected chi connectivity index (χ2v) is 5.88. The average Bonchev–Trinajstić information content (AvgIpc) is 3.19. The lowest BCUT2D eigenvalue weighted by Gasteiger charge is -2.08. The van der Waals surface area contributed by atoms with Gasteiger partial charge in [-0.1, -0.05) is 18.2 Å². The molecule has 0 aliphatic heterocycles. The SMILES string of the molecule is COC(=O)C(N)Cc1cn(-c2ccccc2)nc1-c1cnn(C)c1C. The number of aromatic nitrogens is 4. The Morgan fingerprint density at radius 3 is 2.64 bits per heavy atom. The Morgan fingerprint density at radius 2 is 2.04 bits per heavy atom. The van der Waals surface area contributed by atoms with Crippen molar-refractivity contribution in [1.29, 1.82) is 0 Å². The Kier molecular flexibility index (Phi) is 4.67. The summed E-state index contributed by atoms with van der Waals surface area (Å²) >= 11 is 0. The topological polar surface area (TPSA) is 88.0 Å². The molecule has 0 saturated heterocycles. The highest BCUT2D eigenvalue weighted by Crippen LogP contribution is 2.27. The number of carbonyl (C=O) groups excluding carboxylic acids is 1. The minimum absolute atomic E-state index is 0.336. The number of nitrogens with zero attached hydrogens (tertiary/aromatic N) is 4. The number of nitrogens with two attached hydrogens (primary N) is 1. The molecule has 3 aromatic rings. The molecule has 2 N–H and O–H groups in total. The number of carbonyl (C=O) groups is 1. The van der Waals surface area contributed by atoms with Gasteiger partial charge in [0.05, 0.1) is 24.7 Å². The van der Waals surface area contributed by atoms with E-state index >= 15 is 0 Å². The van der Waals surface area contributed by atoms with Gasteiger partial charge in [0.1, 0.15) is 6.04 Å². The minimum Gasteiger partial charge on any atom is -0.468 e. The first kappa shape index (κ1) is 16.9. The van der Waals surface area contributed by atoms with E-state index in [0.29, 0.717) is 6.42 Å². The highest BCUT2D eigenvalue weighted by Gasteiger charge is 2.21. The molecule has 0 saturated carbocycles. The van der Waals surface area contributed by atoms with Gasteiger partial charge < -0.3 is 10.5 Å². The second-order valence-electron chi connectivity index (χ2n) is 5.88. The number of ether oxygens (including phenoxy) is 1. The fourth-order valence-electron chi connectivity index (χ4n) is 2.70. The molecule has 1 atom stereocenters. The molecule has 0 bridgehead atoms. The van der Waals surface area contributed by atoms with Crippen LogP contribution >= 0.6 is 0 Å². The molecule has 7 heteroatoms. The van der Waals surface area contributed by atoms with Gasteiger partial charge in [-0.15, -0.1) is 0 Å². The molecule has 25 heavy (non-hydrogen) atoms. The van der Waals surface area contributed by atoms with Crippen LogP contribution in [0.5, 0.6) is 0 Å². The molecule has 0 amide bonds. The molecular formula is C18H21N5O2. The maximum absolute atomic E-state index is 11.7. The van der Waals surface area contributed by atoms with Crippen LogP contribution in [-0.4, -0.2) is 38.7 Å². The summed E-state index contributed by atoms with van der Waals surface area (Å²) in [5.41, 5.74) is 10.5. The molecule has 2 heterocycles. The summed E-state index contributed by atoms with van der Waals surface area (Å²) in [5, 5.41) is 9.01. The van der Waals surface area contributed by atoms with Crippen molar-refractivity contribution in [1.82, 2.24) is 19.6 Å². The first-order valence-electron chi connectivity index (χ1n) is 7.97. The molecule has 1 unspecified atom stereocenters. The Balaban J connectivity index is 2.06. The molecule has 0 aliphatic rings. The van der Waals surface area contributed by atoms with Gasteiger partial charge >= 0.3 is 5.97 Å². The summed E-state index contributed by atoms with van der Waals surface area (Å²) in [7, 11) is 3.22. The molecule has 0 spiro atoms. The summed E-state index contributed by atoms with van der Waals surface area (Å²) < 4.78 is 8.33. The Bertz CT molecular complexity index is 882. The second kappa shape index (κ2) is 6.90. The zero-order valence-corrected chi connectivity index (χ0v) is 14.5. The molecule has 3 rings (SSSR count). The number of methoxy groups -OCH3 is 1. The molecule has 0 aliphatic carbocycles. The van der Waals surface area contributed by atoms with E-state index < -0.39 is 12.0 Å². The standard InChI is InChI=1S/C18H21N5O2/c1-12-15(10-20-22(12)2)17-13(9-16(19)18(24)25-3)11-23(21-17)14-7-5-4-6-8-14/h4-8,10-11,16H,9,19H2,1-3H3. The lowest BCUT2D eigenvalue weighted by atomic mass is 10.0. The molecule has 7 nitrogen and oxygen atoms in total. The van der Waals surface area contributed by atoms with Crippen molar-refractivity contribution in [2.75, 3.05) is 7.11 Å². The van der Waals surface area contributed by atoms with Crippen molar-refractivity contribution in [3.8, 4) is 16.9 Å². The highest BCUT2D eigenvalue weighted by molar-refractivity contribution is 5.76. The zero-order chi connectivity index (χ0) is 18.0. The number of aryl methyl sites for hydroxylation is 1. The maximum Gasteiger partial charge on any atom is 0.322 e. The van der Waals surface area contributed by atoms with Crippen LogP contribution in [0.3, 0.4) is 0 Å². The third kappa shape index (κ3) is 3.32. The van der Waals surface area contributed by atoms with Gasteiger partial charge in [-0.2, -0.15) is 10.2 Å². The monoisotopic (exact) mass is 339 g/mol. The Labute approximate surface area is 146 Å². The fourth-order valence-corrected chi connectivity index (χ4v) is 2.70. The van der Waals surface area contributed by atoms with Crippen LogP contribution in [0.25, 0.3) is 16.9 Å². The molecule has 1 aromatic carbocycles. The predicted octanol–water partition coefficient (Wildman–Crippen LogP) is 1.62. The van der Waals surface area contributed by atoms with Crippen molar-refractivity contribution in [2.24, 2.45) is 12.8 Å². The van der Waals surface area contributed by atoms with Gasteiger partial charge in [0.25, 0.3) is 0 Å². The third-order valence-corrected chi connectivity index (χ3v) is 4.24. The van der Waals surface area contributed by atoms with Gasteiger partial charge in [-0.25, -0.2) is 4.68 Å². The van der Waals surface area contributed by atoms with E-state index in [9.17, 15) is 4.79 Å². The van der Waals surface area contributed by atoms with Crippen molar-refractivity contribution >= 4 is 5.97 Å². The van der Waals surface area contributed by atoms with Crippen LogP contribution < -0.4 is 5.73 Å². The van der Waals surface area contributed by atoms with Gasteiger partial charge in [0.2, 0.25) is 0 Å². The third-order valence-electron chi connectivity index (χ3n) is 4.24. The van der Waals surface area contributed by atoms with Crippen molar-refractivity contribution < 1.29 is 9.53 Å². The molecule has 2 aromatic heterocycles. The largest absolute Gasteiger partial charge is 0.468 e. The van der Waals surface area contributed by atoms with Crippen LogP contribution in [0.15, 0.2) is 42.7 Å². The van der Waals surface area contributed by atoms with E-state index in [1.165, 1.54) is 7.11 Å². The van der Waals surface area contributed by atoms with Crippen LogP contribution in [0.2, 0.25) is 0 Å². The summed E-state index contributed by atoms with van der Waals surface area (Å²) in [4.78, 5) is 11.7. The maximum atomic E-state index is 11.7. The average molecular weight is 339 g/mol. The summed E-state index contributed by atoms with van der Waals surface area (Å²) in [5.74, 6) is -0.443. The van der Waals surface area contributed by atoms with E-state index in [4.69, 9.17) is 15.6 Å². The van der Waals surface area contributed by atoms with E-state index in [0.717, 1.165) is 28.2 Å². The van der Waals surface area contributed by atoms with E-state index in [-0.39, 0.29) is 0 Å². The highest BCUT2D eigenvalue weighted by atomic mass is 16.5. The van der Waals surface area contributed by atoms with Crippen molar-refractivity contribution in [3.05, 3.63) is 54.0 Å².